The number of aromatic amines is 1. The number of amides is 1. The molecule has 2 N–H and O–H groups in total. The highest BCUT2D eigenvalue weighted by molar-refractivity contribution is 6.01. The van der Waals surface area contributed by atoms with E-state index in [1.165, 1.54) is 6.07 Å². The van der Waals surface area contributed by atoms with Crippen LogP contribution in [0.1, 0.15) is 69.0 Å². The third-order valence-corrected chi connectivity index (χ3v) is 6.66. The van der Waals surface area contributed by atoms with E-state index in [-0.39, 0.29) is 23.5 Å². The molecule has 1 unspecified atom stereocenters. The van der Waals surface area contributed by atoms with Crippen LogP contribution in [0.2, 0.25) is 0 Å². The molecule has 11 heteroatoms. The molecule has 1 aromatic carbocycles. The normalized spacial score (nSPS) is 20.5. The maximum atomic E-state index is 14.5. The Morgan fingerprint density at radius 1 is 1.24 bits per heavy atom. The maximum absolute atomic E-state index is 14.5. The molecule has 4 heterocycles. The molecule has 2 aliphatic rings. The van der Waals surface area contributed by atoms with E-state index in [0.29, 0.717) is 48.4 Å². The average Bonchev–Trinajstić information content (AvgIpc) is 3.37. The summed E-state index contributed by atoms with van der Waals surface area (Å²) in [6.45, 7) is 10.1. The number of carbonyl (C=O) groups excluding carboxylic acids is 1. The molecule has 37 heavy (non-hydrogen) atoms. The van der Waals surface area contributed by atoms with Gasteiger partial charge >= 0.3 is 6.09 Å². The molecule has 0 saturated carbocycles. The lowest BCUT2D eigenvalue weighted by molar-refractivity contribution is 0.0203. The number of benzene rings is 1. The van der Waals surface area contributed by atoms with E-state index in [2.05, 4.69) is 15.5 Å². The van der Waals surface area contributed by atoms with Gasteiger partial charge in [-0.2, -0.15) is 5.10 Å². The monoisotopic (exact) mass is 510 g/mol. The quantitative estimate of drug-likeness (QED) is 0.555. The molecule has 2 aromatic heterocycles. The molecule has 1 saturated heterocycles. The van der Waals surface area contributed by atoms with E-state index in [4.69, 9.17) is 14.6 Å². The van der Waals surface area contributed by atoms with Gasteiger partial charge in [0.1, 0.15) is 22.6 Å². The molecule has 3 aromatic rings. The van der Waals surface area contributed by atoms with Crippen molar-refractivity contribution in [1.29, 1.82) is 0 Å². The number of likely N-dealkylation sites (tertiary alicyclic amines) is 1. The lowest BCUT2D eigenvalue weighted by Crippen LogP contribution is -2.41. The summed E-state index contributed by atoms with van der Waals surface area (Å²) in [5.41, 5.74) is 3.49. The molecule has 10 nitrogen and oxygen atoms in total. The number of fused-ring (bicyclic) bond motifs is 1. The number of carbonyl (C=O) groups is 1. The second-order valence-corrected chi connectivity index (χ2v) is 10.7. The third kappa shape index (κ3) is 4.65. The number of hydrogen-bond acceptors (Lipinski definition) is 7. The van der Waals surface area contributed by atoms with E-state index >= 15 is 0 Å². The summed E-state index contributed by atoms with van der Waals surface area (Å²) in [7, 11) is 0. The van der Waals surface area contributed by atoms with Gasteiger partial charge < -0.3 is 19.4 Å². The van der Waals surface area contributed by atoms with Crippen LogP contribution in [0.15, 0.2) is 40.2 Å². The van der Waals surface area contributed by atoms with Gasteiger partial charge in [-0.25, -0.2) is 13.7 Å². The zero-order valence-corrected chi connectivity index (χ0v) is 21.6. The van der Waals surface area contributed by atoms with Crippen molar-refractivity contribution in [2.45, 2.75) is 64.7 Å². The Morgan fingerprint density at radius 3 is 2.62 bits per heavy atom. The van der Waals surface area contributed by atoms with Crippen LogP contribution >= 0.6 is 0 Å². The van der Waals surface area contributed by atoms with Gasteiger partial charge in [-0.1, -0.05) is 18.2 Å². The van der Waals surface area contributed by atoms with E-state index in [9.17, 15) is 14.0 Å². The number of ether oxygens (including phenoxy) is 2. The van der Waals surface area contributed by atoms with Crippen LogP contribution in [0.25, 0.3) is 5.65 Å². The predicted octanol–water partition coefficient (Wildman–Crippen LogP) is 3.74. The zero-order valence-electron chi connectivity index (χ0n) is 21.6. The minimum atomic E-state index is -1.21. The van der Waals surface area contributed by atoms with E-state index < -0.39 is 17.1 Å². The lowest BCUT2D eigenvalue weighted by atomic mass is 9.93. The summed E-state index contributed by atoms with van der Waals surface area (Å²) in [6, 6.07) is 7.88. The highest BCUT2D eigenvalue weighted by atomic mass is 19.1. The Kier molecular flexibility index (Phi) is 5.96. The molecule has 5 rings (SSSR count). The first-order valence-electron chi connectivity index (χ1n) is 12.3. The first-order chi connectivity index (χ1) is 17.4. The minimum Gasteiger partial charge on any atom is -0.444 e. The van der Waals surface area contributed by atoms with Gasteiger partial charge in [0, 0.05) is 32.0 Å². The summed E-state index contributed by atoms with van der Waals surface area (Å²) in [4.78, 5) is 29.7. The smallest absolute Gasteiger partial charge is 0.410 e. The Balaban J connectivity index is 1.42. The number of rotatable bonds is 3. The van der Waals surface area contributed by atoms with Crippen molar-refractivity contribution in [2.75, 3.05) is 13.1 Å². The molecule has 0 aliphatic carbocycles. The first-order valence-corrected chi connectivity index (χ1v) is 12.3. The standard InChI is InChI=1S/C26H31FN6O4/c1-15-21(23-29-31-26(5,36-23)17-8-6-7-9-18(17)27)22-28-20(34)14-19(33(22)30-15)16-10-12-32(13-11-16)24(35)37-25(2,3)4/h6-9,14,16,31H,10-13H2,1-5H3,(H,28,34). The van der Waals surface area contributed by atoms with Crippen molar-refractivity contribution >= 4 is 17.6 Å². The van der Waals surface area contributed by atoms with Crippen molar-refractivity contribution in [2.24, 2.45) is 5.10 Å². The van der Waals surface area contributed by atoms with Crippen LogP contribution in [-0.2, 0) is 15.2 Å². The van der Waals surface area contributed by atoms with Crippen LogP contribution < -0.4 is 11.0 Å². The van der Waals surface area contributed by atoms with Crippen molar-refractivity contribution < 1.29 is 18.7 Å². The second kappa shape index (κ2) is 8.89. The van der Waals surface area contributed by atoms with Crippen molar-refractivity contribution in [3.8, 4) is 0 Å². The Bertz CT molecular complexity index is 1450. The number of nitrogens with zero attached hydrogens (tertiary/aromatic N) is 4. The zero-order chi connectivity index (χ0) is 26.5. The number of piperidine rings is 1. The third-order valence-electron chi connectivity index (χ3n) is 6.66. The predicted molar refractivity (Wildman–Crippen MR) is 135 cm³/mol. The molecule has 1 fully saturated rings. The van der Waals surface area contributed by atoms with E-state index in [1.807, 2.05) is 20.8 Å². The minimum absolute atomic E-state index is 0.0175. The number of nitrogens with one attached hydrogen (secondary N) is 2. The molecular weight excluding hydrogens is 479 g/mol. The number of hydrazone groups is 1. The SMILES string of the molecule is Cc1nn2c(C3CCN(C(=O)OC(C)(C)C)CC3)cc(=O)[nH]c2c1C1=NNC(C)(c2ccccc2F)O1. The summed E-state index contributed by atoms with van der Waals surface area (Å²) in [5.74, 6) is -0.186. The van der Waals surface area contributed by atoms with Gasteiger partial charge in [-0.15, -0.1) is 5.10 Å². The van der Waals surface area contributed by atoms with Gasteiger partial charge in [-0.05, 0) is 46.6 Å². The van der Waals surface area contributed by atoms with E-state index in [0.717, 1.165) is 5.69 Å². The fourth-order valence-electron chi connectivity index (χ4n) is 4.88. The fraction of sp³-hybridized carbons (Fsp3) is 0.462. The summed E-state index contributed by atoms with van der Waals surface area (Å²) < 4.78 is 27.8. The highest BCUT2D eigenvalue weighted by Crippen LogP contribution is 2.33. The van der Waals surface area contributed by atoms with Crippen molar-refractivity contribution in [3.63, 3.8) is 0 Å². The Labute approximate surface area is 213 Å². The first kappa shape index (κ1) is 24.8. The molecule has 0 bridgehead atoms. The molecule has 0 radical (unpaired) electrons. The molecule has 1 atom stereocenters. The molecule has 196 valence electrons. The van der Waals surface area contributed by atoms with E-state index in [1.54, 1.807) is 47.5 Å². The average molecular weight is 511 g/mol. The van der Waals surface area contributed by atoms with Gasteiger partial charge in [-0.3, -0.25) is 10.2 Å². The maximum Gasteiger partial charge on any atom is 0.410 e. The summed E-state index contributed by atoms with van der Waals surface area (Å²) >= 11 is 0. The van der Waals surface area contributed by atoms with Gasteiger partial charge in [0.05, 0.1) is 17.0 Å². The number of aryl methyl sites for hydroxylation is 1. The summed E-state index contributed by atoms with van der Waals surface area (Å²) in [6.07, 6.45) is 0.994. The van der Waals surface area contributed by atoms with Crippen LogP contribution in [-0.4, -0.2) is 50.2 Å². The lowest BCUT2D eigenvalue weighted by Gasteiger charge is -2.33. The number of aromatic nitrogens is 3. The largest absolute Gasteiger partial charge is 0.444 e. The van der Waals surface area contributed by atoms with Crippen molar-refractivity contribution in [3.05, 3.63) is 69.0 Å². The topological polar surface area (TPSA) is 113 Å². The van der Waals surface area contributed by atoms with Gasteiger partial charge in [0.2, 0.25) is 11.6 Å². The van der Waals surface area contributed by atoms with Crippen molar-refractivity contribution in [1.82, 2.24) is 24.9 Å². The second-order valence-electron chi connectivity index (χ2n) is 10.7. The fourth-order valence-corrected chi connectivity index (χ4v) is 4.88. The Morgan fingerprint density at radius 2 is 1.95 bits per heavy atom. The van der Waals surface area contributed by atoms with Gasteiger partial charge in [0.25, 0.3) is 5.56 Å². The molecule has 1 amide bonds. The van der Waals surface area contributed by atoms with Crippen LogP contribution in [0.5, 0.6) is 0 Å². The number of H-pyrrole nitrogens is 1. The van der Waals surface area contributed by atoms with Crippen LogP contribution in [0, 0.1) is 12.7 Å². The molecule has 2 aliphatic heterocycles. The van der Waals surface area contributed by atoms with Gasteiger partial charge in [0.15, 0.2) is 0 Å². The Hall–Kier alpha value is -3.89. The summed E-state index contributed by atoms with van der Waals surface area (Å²) in [5, 5.41) is 9.03. The molecular formula is C26H31FN6O4. The number of hydrogen-bond donors (Lipinski definition) is 2. The van der Waals surface area contributed by atoms with Crippen LogP contribution in [0.4, 0.5) is 9.18 Å². The number of halogens is 1. The molecule has 0 spiro atoms. The highest BCUT2D eigenvalue weighted by Gasteiger charge is 2.39. The van der Waals surface area contributed by atoms with Crippen LogP contribution in [0.3, 0.4) is 0 Å².